The van der Waals surface area contributed by atoms with Crippen molar-refractivity contribution in [3.05, 3.63) is 44.8 Å². The molecular formula is C19H24N2OS2. The Bertz CT molecular complexity index is 619. The van der Waals surface area contributed by atoms with Crippen molar-refractivity contribution >= 4 is 28.6 Å². The van der Waals surface area contributed by atoms with Crippen molar-refractivity contribution in [3.8, 4) is 0 Å². The number of carbonyl (C=O) groups excluding carboxylic acids is 1. The van der Waals surface area contributed by atoms with Crippen LogP contribution in [-0.4, -0.2) is 11.9 Å². The van der Waals surface area contributed by atoms with Crippen LogP contribution in [0.5, 0.6) is 0 Å². The molecule has 2 bridgehead atoms. The van der Waals surface area contributed by atoms with Gasteiger partial charge < -0.3 is 11.1 Å². The smallest absolute Gasteiger partial charge is 0.223 e. The number of nitrogens with two attached hydrogens (primary N) is 1. The summed E-state index contributed by atoms with van der Waals surface area (Å²) in [6.45, 7) is 0. The minimum absolute atomic E-state index is 0.00654. The minimum Gasteiger partial charge on any atom is -0.343 e. The number of fused-ring (bicyclic) bond motifs is 2. The summed E-state index contributed by atoms with van der Waals surface area (Å²) in [4.78, 5) is 15.4. The van der Waals surface area contributed by atoms with Gasteiger partial charge in [0.05, 0.1) is 6.04 Å². The Morgan fingerprint density at radius 3 is 2.17 bits per heavy atom. The number of hydrogen-bond donors (Lipinski definition) is 2. The summed E-state index contributed by atoms with van der Waals surface area (Å²) in [6.07, 6.45) is 5.60. The number of thiophene rings is 2. The predicted octanol–water partition coefficient (Wildman–Crippen LogP) is 4.17. The fourth-order valence-electron chi connectivity index (χ4n) is 4.46. The summed E-state index contributed by atoms with van der Waals surface area (Å²) in [7, 11) is 0. The molecule has 0 saturated heterocycles. The summed E-state index contributed by atoms with van der Waals surface area (Å²) >= 11 is 3.41. The number of nitrogens with one attached hydrogen (secondary N) is 1. The van der Waals surface area contributed by atoms with E-state index in [2.05, 4.69) is 40.3 Å². The Morgan fingerprint density at radius 1 is 1.08 bits per heavy atom. The van der Waals surface area contributed by atoms with E-state index >= 15 is 0 Å². The number of amides is 1. The summed E-state index contributed by atoms with van der Waals surface area (Å²) in [5.41, 5.74) is 6.37. The van der Waals surface area contributed by atoms with Crippen LogP contribution < -0.4 is 11.1 Å². The SMILES string of the molecule is NC1C2CCCC1CC(C(=O)NC(c1cccs1)c1cccs1)C2. The van der Waals surface area contributed by atoms with Gasteiger partial charge in [0.2, 0.25) is 5.91 Å². The Hall–Kier alpha value is -1.17. The third-order valence-corrected chi connectivity index (χ3v) is 7.60. The highest BCUT2D eigenvalue weighted by Crippen LogP contribution is 2.42. The molecular weight excluding hydrogens is 336 g/mol. The number of carbonyl (C=O) groups is 1. The van der Waals surface area contributed by atoms with Crippen molar-refractivity contribution in [2.45, 2.75) is 44.2 Å². The van der Waals surface area contributed by atoms with Crippen LogP contribution in [0, 0.1) is 17.8 Å². The zero-order valence-electron chi connectivity index (χ0n) is 13.7. The molecule has 4 rings (SSSR count). The first-order valence-corrected chi connectivity index (χ1v) is 10.6. The first kappa shape index (κ1) is 16.3. The Labute approximate surface area is 151 Å². The van der Waals surface area contributed by atoms with E-state index in [0.29, 0.717) is 17.9 Å². The van der Waals surface area contributed by atoms with Crippen LogP contribution >= 0.6 is 22.7 Å². The normalized spacial score (nSPS) is 29.6. The van der Waals surface area contributed by atoms with E-state index in [0.717, 1.165) is 12.8 Å². The van der Waals surface area contributed by atoms with Gasteiger partial charge in [0.25, 0.3) is 0 Å². The first-order chi connectivity index (χ1) is 11.7. The molecule has 2 aromatic heterocycles. The van der Waals surface area contributed by atoms with Gasteiger partial charge in [0, 0.05) is 21.7 Å². The lowest BCUT2D eigenvalue weighted by molar-refractivity contribution is -0.128. The molecule has 0 spiro atoms. The van der Waals surface area contributed by atoms with Gasteiger partial charge in [-0.25, -0.2) is 0 Å². The van der Waals surface area contributed by atoms with Crippen LogP contribution in [0.25, 0.3) is 0 Å². The second-order valence-corrected chi connectivity index (χ2v) is 9.13. The average Bonchev–Trinajstić information content (AvgIpc) is 3.26. The van der Waals surface area contributed by atoms with Crippen LogP contribution in [0.1, 0.15) is 47.9 Å². The summed E-state index contributed by atoms with van der Waals surface area (Å²) in [5.74, 6) is 1.42. The van der Waals surface area contributed by atoms with Crippen LogP contribution in [0.3, 0.4) is 0 Å². The monoisotopic (exact) mass is 360 g/mol. The molecule has 128 valence electrons. The van der Waals surface area contributed by atoms with Gasteiger partial charge in [0.1, 0.15) is 0 Å². The van der Waals surface area contributed by atoms with Crippen molar-refractivity contribution in [2.75, 3.05) is 0 Å². The second kappa shape index (κ2) is 6.98. The van der Waals surface area contributed by atoms with Gasteiger partial charge in [0.15, 0.2) is 0 Å². The molecule has 2 aromatic rings. The summed E-state index contributed by atoms with van der Waals surface area (Å²) in [5, 5.41) is 7.49. The molecule has 2 saturated carbocycles. The quantitative estimate of drug-likeness (QED) is 0.860. The van der Waals surface area contributed by atoms with E-state index in [1.54, 1.807) is 22.7 Å². The largest absolute Gasteiger partial charge is 0.343 e. The van der Waals surface area contributed by atoms with Crippen molar-refractivity contribution in [3.63, 3.8) is 0 Å². The highest BCUT2D eigenvalue weighted by atomic mass is 32.1. The van der Waals surface area contributed by atoms with E-state index in [1.165, 1.54) is 29.0 Å². The molecule has 1 amide bonds. The van der Waals surface area contributed by atoms with Gasteiger partial charge in [-0.15, -0.1) is 22.7 Å². The molecule has 2 heterocycles. The van der Waals surface area contributed by atoms with Crippen LogP contribution in [0.4, 0.5) is 0 Å². The molecule has 3 nitrogen and oxygen atoms in total. The van der Waals surface area contributed by atoms with Gasteiger partial charge in [-0.1, -0.05) is 18.6 Å². The summed E-state index contributed by atoms with van der Waals surface area (Å²) in [6, 6.07) is 8.64. The molecule has 2 atom stereocenters. The molecule has 0 aromatic carbocycles. The molecule has 24 heavy (non-hydrogen) atoms. The Balaban J connectivity index is 1.50. The van der Waals surface area contributed by atoms with Gasteiger partial charge in [-0.05, 0) is 60.4 Å². The highest BCUT2D eigenvalue weighted by molar-refractivity contribution is 7.11. The molecule has 2 aliphatic carbocycles. The lowest BCUT2D eigenvalue weighted by atomic mass is 9.65. The van der Waals surface area contributed by atoms with Gasteiger partial charge in [-0.3, -0.25) is 4.79 Å². The number of hydrogen-bond acceptors (Lipinski definition) is 4. The maximum absolute atomic E-state index is 13.0. The number of rotatable bonds is 4. The topological polar surface area (TPSA) is 55.1 Å². The average molecular weight is 361 g/mol. The van der Waals surface area contributed by atoms with Crippen molar-refractivity contribution in [1.29, 1.82) is 0 Å². The Kier molecular flexibility index (Phi) is 4.74. The molecule has 2 aliphatic rings. The molecule has 0 radical (unpaired) electrons. The van der Waals surface area contributed by atoms with Crippen LogP contribution in [0.15, 0.2) is 35.0 Å². The molecule has 0 aliphatic heterocycles. The van der Waals surface area contributed by atoms with Gasteiger partial charge >= 0.3 is 0 Å². The minimum atomic E-state index is -0.00654. The van der Waals surface area contributed by atoms with Crippen LogP contribution in [-0.2, 0) is 4.79 Å². The van der Waals surface area contributed by atoms with E-state index in [1.807, 2.05) is 0 Å². The maximum Gasteiger partial charge on any atom is 0.223 e. The van der Waals surface area contributed by atoms with Crippen molar-refractivity contribution < 1.29 is 4.79 Å². The molecule has 2 unspecified atom stereocenters. The lowest BCUT2D eigenvalue weighted by Crippen LogP contribution is -2.49. The van der Waals surface area contributed by atoms with Gasteiger partial charge in [-0.2, -0.15) is 0 Å². The molecule has 3 N–H and O–H groups in total. The van der Waals surface area contributed by atoms with E-state index in [4.69, 9.17) is 5.73 Å². The van der Waals surface area contributed by atoms with Crippen molar-refractivity contribution in [1.82, 2.24) is 5.32 Å². The summed E-state index contributed by atoms with van der Waals surface area (Å²) < 4.78 is 0. The molecule has 5 heteroatoms. The van der Waals surface area contributed by atoms with E-state index in [-0.39, 0.29) is 17.9 Å². The maximum atomic E-state index is 13.0. The fourth-order valence-corrected chi connectivity index (χ4v) is 6.12. The highest BCUT2D eigenvalue weighted by Gasteiger charge is 2.41. The third-order valence-electron chi connectivity index (χ3n) is 5.73. The van der Waals surface area contributed by atoms with Crippen molar-refractivity contribution in [2.24, 2.45) is 23.5 Å². The predicted molar refractivity (Wildman–Crippen MR) is 100 cm³/mol. The third kappa shape index (κ3) is 3.17. The standard InChI is InChI=1S/C19H24N2OS2/c20-17-12-4-1-5-13(17)11-14(10-12)19(22)21-18(15-6-2-8-23-15)16-7-3-9-24-16/h2-3,6-9,12-14,17-18H,1,4-5,10-11,20H2,(H,21,22). The van der Waals surface area contributed by atoms with E-state index < -0.39 is 0 Å². The zero-order chi connectivity index (χ0) is 16.5. The fraction of sp³-hybridized carbons (Fsp3) is 0.526. The lowest BCUT2D eigenvalue weighted by Gasteiger charge is -2.43. The zero-order valence-corrected chi connectivity index (χ0v) is 15.3. The Morgan fingerprint density at radius 2 is 1.67 bits per heavy atom. The van der Waals surface area contributed by atoms with Crippen LogP contribution in [0.2, 0.25) is 0 Å². The second-order valence-electron chi connectivity index (χ2n) is 7.17. The first-order valence-electron chi connectivity index (χ1n) is 8.85. The van der Waals surface area contributed by atoms with E-state index in [9.17, 15) is 4.79 Å². The molecule has 2 fully saturated rings.